The topological polar surface area (TPSA) is 56.8 Å². The van der Waals surface area contributed by atoms with Gasteiger partial charge in [0.1, 0.15) is 6.54 Å². The lowest BCUT2D eigenvalue weighted by Gasteiger charge is -2.18. The number of hydrogen-bond acceptors (Lipinski definition) is 4. The molecule has 0 saturated carbocycles. The molecule has 0 spiro atoms. The van der Waals surface area contributed by atoms with Gasteiger partial charge in [-0.15, -0.1) is 0 Å². The van der Waals surface area contributed by atoms with Gasteiger partial charge in [0.15, 0.2) is 0 Å². The number of pyridine rings is 1. The molecule has 33 heavy (non-hydrogen) atoms. The highest BCUT2D eigenvalue weighted by Crippen LogP contribution is 2.26. The van der Waals surface area contributed by atoms with Crippen LogP contribution in [0.2, 0.25) is 0 Å². The second-order valence-corrected chi connectivity index (χ2v) is 8.77. The van der Waals surface area contributed by atoms with Crippen LogP contribution in [0.1, 0.15) is 24.0 Å². The van der Waals surface area contributed by atoms with Crippen LogP contribution in [0.3, 0.4) is 0 Å². The molecule has 2 aromatic carbocycles. The summed E-state index contributed by atoms with van der Waals surface area (Å²) in [7, 11) is 0. The minimum Gasteiger partial charge on any atom is -0.314 e. The first-order chi connectivity index (χ1) is 16.2. The summed E-state index contributed by atoms with van der Waals surface area (Å²) in [5.74, 6) is -0.185. The largest absolute Gasteiger partial charge is 0.331 e. The Morgan fingerprint density at radius 2 is 1.55 bits per heavy atom. The van der Waals surface area contributed by atoms with Crippen molar-refractivity contribution in [2.45, 2.75) is 25.8 Å². The van der Waals surface area contributed by atoms with Gasteiger partial charge in [-0.25, -0.2) is 9.69 Å². The average Bonchev–Trinajstić information content (AvgIpc) is 3.46. The third-order valence-electron chi connectivity index (χ3n) is 6.46. The minimum atomic E-state index is -0.250. The van der Waals surface area contributed by atoms with Crippen LogP contribution in [0.25, 0.3) is 11.1 Å². The number of urea groups is 1. The molecule has 0 bridgehead atoms. The van der Waals surface area contributed by atoms with Crippen molar-refractivity contribution in [1.29, 1.82) is 0 Å². The molecular weight excluding hydrogens is 412 g/mol. The summed E-state index contributed by atoms with van der Waals surface area (Å²) in [6.07, 6.45) is 6.86. The number of benzene rings is 2. The SMILES string of the molecule is O=C1CN(CCc2ccc(CN3CCCC3)cc2)C(=O)N1c1ccc(-c2cccnc2)cc1. The van der Waals surface area contributed by atoms with Gasteiger partial charge in [0.25, 0.3) is 5.91 Å². The lowest BCUT2D eigenvalue weighted by Crippen LogP contribution is -2.34. The van der Waals surface area contributed by atoms with E-state index in [1.54, 1.807) is 17.3 Å². The Hall–Kier alpha value is -3.51. The maximum absolute atomic E-state index is 13.0. The lowest BCUT2D eigenvalue weighted by molar-refractivity contribution is -0.116. The van der Waals surface area contributed by atoms with Crippen molar-refractivity contribution >= 4 is 17.6 Å². The van der Waals surface area contributed by atoms with Gasteiger partial charge in [0.2, 0.25) is 0 Å². The Bertz CT molecular complexity index is 1110. The van der Waals surface area contributed by atoms with Gasteiger partial charge < -0.3 is 4.90 Å². The van der Waals surface area contributed by atoms with Crippen LogP contribution in [0.15, 0.2) is 73.1 Å². The Morgan fingerprint density at radius 3 is 2.24 bits per heavy atom. The fourth-order valence-corrected chi connectivity index (χ4v) is 4.59. The molecule has 1 aromatic heterocycles. The number of carbonyl (C=O) groups is 2. The van der Waals surface area contributed by atoms with Crippen LogP contribution in [0, 0.1) is 0 Å². The maximum Gasteiger partial charge on any atom is 0.331 e. The summed E-state index contributed by atoms with van der Waals surface area (Å²) >= 11 is 0. The summed E-state index contributed by atoms with van der Waals surface area (Å²) in [6, 6.07) is 19.7. The van der Waals surface area contributed by atoms with E-state index < -0.39 is 0 Å². The molecule has 3 aromatic rings. The minimum absolute atomic E-state index is 0.121. The number of rotatable bonds is 7. The Labute approximate surface area is 194 Å². The lowest BCUT2D eigenvalue weighted by atomic mass is 10.1. The number of hydrogen-bond donors (Lipinski definition) is 0. The molecule has 2 aliphatic heterocycles. The highest BCUT2D eigenvalue weighted by atomic mass is 16.2. The zero-order chi connectivity index (χ0) is 22.6. The number of carbonyl (C=O) groups excluding carboxylic acids is 2. The molecule has 0 radical (unpaired) electrons. The standard InChI is InChI=1S/C27H28N4O2/c32-26-20-30(17-13-21-5-7-22(8-6-21)19-29-15-1-2-16-29)27(33)31(26)25-11-9-23(10-12-25)24-4-3-14-28-18-24/h3-12,14,18H,1-2,13,15-17,19-20H2. The van der Waals surface area contributed by atoms with Crippen LogP contribution < -0.4 is 4.90 Å². The van der Waals surface area contributed by atoms with Gasteiger partial charge in [0.05, 0.1) is 5.69 Å². The van der Waals surface area contributed by atoms with Gasteiger partial charge in [0, 0.05) is 25.5 Å². The molecule has 5 rings (SSSR count). The van der Waals surface area contributed by atoms with Crippen LogP contribution in [-0.2, 0) is 17.8 Å². The molecule has 2 aliphatic rings. The van der Waals surface area contributed by atoms with E-state index in [4.69, 9.17) is 0 Å². The highest BCUT2D eigenvalue weighted by molar-refractivity contribution is 6.19. The number of aromatic nitrogens is 1. The van der Waals surface area contributed by atoms with E-state index in [0.717, 1.165) is 24.1 Å². The quantitative estimate of drug-likeness (QED) is 0.513. The van der Waals surface area contributed by atoms with Crippen molar-refractivity contribution in [1.82, 2.24) is 14.8 Å². The van der Waals surface area contributed by atoms with Gasteiger partial charge >= 0.3 is 6.03 Å². The van der Waals surface area contributed by atoms with E-state index in [0.29, 0.717) is 12.2 Å². The molecular formula is C27H28N4O2. The van der Waals surface area contributed by atoms with Crippen LogP contribution in [-0.4, -0.2) is 52.9 Å². The number of anilines is 1. The van der Waals surface area contributed by atoms with E-state index in [1.807, 2.05) is 36.4 Å². The third kappa shape index (κ3) is 4.81. The summed E-state index contributed by atoms with van der Waals surface area (Å²) in [5, 5.41) is 0. The molecule has 0 atom stereocenters. The highest BCUT2D eigenvalue weighted by Gasteiger charge is 2.36. The Kier molecular flexibility index (Phi) is 6.17. The van der Waals surface area contributed by atoms with Crippen LogP contribution in [0.4, 0.5) is 10.5 Å². The fourth-order valence-electron chi connectivity index (χ4n) is 4.59. The van der Waals surface area contributed by atoms with E-state index in [1.165, 1.54) is 42.0 Å². The molecule has 3 amide bonds. The molecule has 0 N–H and O–H groups in total. The molecule has 168 valence electrons. The van der Waals surface area contributed by atoms with Crippen LogP contribution >= 0.6 is 0 Å². The summed E-state index contributed by atoms with van der Waals surface area (Å²) in [4.78, 5) is 35.1. The zero-order valence-corrected chi connectivity index (χ0v) is 18.7. The van der Waals surface area contributed by atoms with Crippen molar-refractivity contribution in [3.8, 4) is 11.1 Å². The van der Waals surface area contributed by atoms with E-state index in [9.17, 15) is 9.59 Å². The molecule has 2 fully saturated rings. The maximum atomic E-state index is 13.0. The van der Waals surface area contributed by atoms with Crippen molar-refractivity contribution in [2.75, 3.05) is 31.1 Å². The second kappa shape index (κ2) is 9.55. The van der Waals surface area contributed by atoms with Gasteiger partial charge in [-0.3, -0.25) is 14.7 Å². The monoisotopic (exact) mass is 440 g/mol. The molecule has 6 nitrogen and oxygen atoms in total. The first-order valence-corrected chi connectivity index (χ1v) is 11.6. The second-order valence-electron chi connectivity index (χ2n) is 8.77. The van der Waals surface area contributed by atoms with E-state index >= 15 is 0 Å². The van der Waals surface area contributed by atoms with Crippen molar-refractivity contribution < 1.29 is 9.59 Å². The summed E-state index contributed by atoms with van der Waals surface area (Å²) in [5.41, 5.74) is 5.10. The zero-order valence-electron chi connectivity index (χ0n) is 18.7. The van der Waals surface area contributed by atoms with Crippen molar-refractivity contribution in [3.63, 3.8) is 0 Å². The van der Waals surface area contributed by atoms with E-state index in [-0.39, 0.29) is 18.5 Å². The van der Waals surface area contributed by atoms with Crippen molar-refractivity contribution in [2.24, 2.45) is 0 Å². The normalized spacial score (nSPS) is 16.7. The van der Waals surface area contributed by atoms with E-state index in [2.05, 4.69) is 34.1 Å². The first-order valence-electron chi connectivity index (χ1n) is 11.6. The predicted octanol–water partition coefficient (Wildman–Crippen LogP) is 4.36. The molecule has 2 saturated heterocycles. The van der Waals surface area contributed by atoms with Gasteiger partial charge in [-0.1, -0.05) is 42.5 Å². The third-order valence-corrected chi connectivity index (χ3v) is 6.46. The predicted molar refractivity (Wildman–Crippen MR) is 129 cm³/mol. The summed E-state index contributed by atoms with van der Waals surface area (Å²) in [6.45, 7) is 4.04. The first kappa shape index (κ1) is 21.3. The number of nitrogens with zero attached hydrogens (tertiary/aromatic N) is 4. The molecule has 0 aliphatic carbocycles. The smallest absolute Gasteiger partial charge is 0.314 e. The fraction of sp³-hybridized carbons (Fsp3) is 0.296. The molecule has 6 heteroatoms. The Balaban J connectivity index is 1.19. The molecule has 3 heterocycles. The number of amides is 3. The average molecular weight is 441 g/mol. The van der Waals surface area contributed by atoms with Gasteiger partial charge in [-0.05, 0) is 72.8 Å². The number of likely N-dealkylation sites (tertiary alicyclic amines) is 1. The van der Waals surface area contributed by atoms with Gasteiger partial charge in [-0.2, -0.15) is 0 Å². The number of imide groups is 1. The van der Waals surface area contributed by atoms with Crippen molar-refractivity contribution in [3.05, 3.63) is 84.2 Å². The molecule has 0 unspecified atom stereocenters. The van der Waals surface area contributed by atoms with Crippen LogP contribution in [0.5, 0.6) is 0 Å². The Morgan fingerprint density at radius 1 is 0.818 bits per heavy atom. The summed E-state index contributed by atoms with van der Waals surface area (Å²) < 4.78 is 0.